The molecule has 4 heteroatoms. The fourth-order valence-corrected chi connectivity index (χ4v) is 3.26. The first-order valence-electron chi connectivity index (χ1n) is 7.51. The number of rotatable bonds is 3. The van der Waals surface area contributed by atoms with Gasteiger partial charge in [0.2, 0.25) is 0 Å². The third kappa shape index (κ3) is 2.55. The Morgan fingerprint density at radius 1 is 1.30 bits per heavy atom. The third-order valence-corrected chi connectivity index (χ3v) is 4.47. The SMILES string of the molecule is CCC1CCCC(n2cncc2-c2ccc(N)nc2)C1. The van der Waals surface area contributed by atoms with Gasteiger partial charge < -0.3 is 10.3 Å². The minimum Gasteiger partial charge on any atom is -0.384 e. The van der Waals surface area contributed by atoms with E-state index in [-0.39, 0.29) is 0 Å². The smallest absolute Gasteiger partial charge is 0.123 e. The predicted molar refractivity (Wildman–Crippen MR) is 81.2 cm³/mol. The number of pyridine rings is 1. The van der Waals surface area contributed by atoms with E-state index in [0.717, 1.165) is 17.2 Å². The van der Waals surface area contributed by atoms with E-state index in [9.17, 15) is 0 Å². The summed E-state index contributed by atoms with van der Waals surface area (Å²) >= 11 is 0. The quantitative estimate of drug-likeness (QED) is 0.925. The summed E-state index contributed by atoms with van der Waals surface area (Å²) in [5, 5.41) is 0. The molecule has 2 heterocycles. The standard InChI is InChI=1S/C16H22N4/c1-2-12-4-3-5-14(8-12)20-11-18-10-15(20)13-6-7-16(17)19-9-13/h6-7,9-12,14H,2-5,8H2,1H3,(H2,17,19). The maximum atomic E-state index is 5.66. The molecule has 1 aliphatic rings. The molecule has 0 aliphatic heterocycles. The van der Waals surface area contributed by atoms with Gasteiger partial charge >= 0.3 is 0 Å². The lowest BCUT2D eigenvalue weighted by Gasteiger charge is -2.30. The van der Waals surface area contributed by atoms with Crippen molar-refractivity contribution in [2.24, 2.45) is 5.92 Å². The number of nitrogens with two attached hydrogens (primary N) is 1. The van der Waals surface area contributed by atoms with Crippen LogP contribution in [0, 0.1) is 5.92 Å². The van der Waals surface area contributed by atoms with Crippen molar-refractivity contribution in [1.82, 2.24) is 14.5 Å². The molecule has 1 fully saturated rings. The summed E-state index contributed by atoms with van der Waals surface area (Å²) in [7, 11) is 0. The molecule has 2 aromatic heterocycles. The van der Waals surface area contributed by atoms with Crippen molar-refractivity contribution in [3.8, 4) is 11.3 Å². The molecule has 0 spiro atoms. The van der Waals surface area contributed by atoms with E-state index in [1.807, 2.05) is 30.9 Å². The molecule has 20 heavy (non-hydrogen) atoms. The summed E-state index contributed by atoms with van der Waals surface area (Å²) in [5.41, 5.74) is 7.91. The van der Waals surface area contributed by atoms with Crippen LogP contribution in [0.4, 0.5) is 5.82 Å². The second kappa shape index (κ2) is 5.65. The van der Waals surface area contributed by atoms with Gasteiger partial charge in [0, 0.05) is 17.8 Å². The minimum absolute atomic E-state index is 0.559. The summed E-state index contributed by atoms with van der Waals surface area (Å²) < 4.78 is 2.33. The van der Waals surface area contributed by atoms with Gasteiger partial charge in [0.05, 0.1) is 18.2 Å². The van der Waals surface area contributed by atoms with E-state index in [1.54, 1.807) is 0 Å². The first-order chi connectivity index (χ1) is 9.78. The van der Waals surface area contributed by atoms with Crippen LogP contribution in [0.25, 0.3) is 11.3 Å². The van der Waals surface area contributed by atoms with Gasteiger partial charge in [0.25, 0.3) is 0 Å². The normalized spacial score (nSPS) is 22.9. The topological polar surface area (TPSA) is 56.7 Å². The van der Waals surface area contributed by atoms with E-state index < -0.39 is 0 Å². The lowest BCUT2D eigenvalue weighted by atomic mass is 9.84. The average Bonchev–Trinajstić information content (AvgIpc) is 2.97. The zero-order chi connectivity index (χ0) is 13.9. The lowest BCUT2D eigenvalue weighted by Crippen LogP contribution is -2.19. The number of nitrogens with zero attached hydrogens (tertiary/aromatic N) is 3. The first kappa shape index (κ1) is 13.2. The maximum Gasteiger partial charge on any atom is 0.123 e. The Hall–Kier alpha value is -1.84. The fraction of sp³-hybridized carbons (Fsp3) is 0.500. The molecule has 2 N–H and O–H groups in total. The maximum absolute atomic E-state index is 5.66. The largest absolute Gasteiger partial charge is 0.384 e. The van der Waals surface area contributed by atoms with Crippen molar-refractivity contribution in [2.75, 3.05) is 5.73 Å². The van der Waals surface area contributed by atoms with Crippen LogP contribution in [0.1, 0.15) is 45.1 Å². The molecule has 2 unspecified atom stereocenters. The molecule has 1 saturated carbocycles. The Morgan fingerprint density at radius 3 is 2.95 bits per heavy atom. The average molecular weight is 270 g/mol. The van der Waals surface area contributed by atoms with Crippen LogP contribution in [-0.4, -0.2) is 14.5 Å². The zero-order valence-electron chi connectivity index (χ0n) is 12.0. The van der Waals surface area contributed by atoms with Gasteiger partial charge in [-0.1, -0.05) is 26.2 Å². The van der Waals surface area contributed by atoms with Crippen molar-refractivity contribution < 1.29 is 0 Å². The molecule has 2 atom stereocenters. The Balaban J connectivity index is 1.88. The molecule has 0 amide bonds. The van der Waals surface area contributed by atoms with Crippen LogP contribution < -0.4 is 5.73 Å². The highest BCUT2D eigenvalue weighted by atomic mass is 15.1. The molecule has 1 aliphatic carbocycles. The molecular weight excluding hydrogens is 248 g/mol. The van der Waals surface area contributed by atoms with Crippen LogP contribution in [0.2, 0.25) is 0 Å². The Kier molecular flexibility index (Phi) is 3.72. The summed E-state index contributed by atoms with van der Waals surface area (Å²) in [6.45, 7) is 2.30. The fourth-order valence-electron chi connectivity index (χ4n) is 3.26. The van der Waals surface area contributed by atoms with E-state index >= 15 is 0 Å². The van der Waals surface area contributed by atoms with E-state index in [1.165, 1.54) is 32.1 Å². The van der Waals surface area contributed by atoms with Gasteiger partial charge in [-0.15, -0.1) is 0 Å². The molecule has 0 radical (unpaired) electrons. The van der Waals surface area contributed by atoms with Gasteiger partial charge in [-0.3, -0.25) is 0 Å². The second-order valence-electron chi connectivity index (χ2n) is 5.75. The van der Waals surface area contributed by atoms with Crippen LogP contribution in [0.5, 0.6) is 0 Å². The van der Waals surface area contributed by atoms with Crippen molar-refractivity contribution in [3.63, 3.8) is 0 Å². The first-order valence-corrected chi connectivity index (χ1v) is 7.51. The molecule has 0 saturated heterocycles. The molecule has 0 bridgehead atoms. The van der Waals surface area contributed by atoms with Crippen LogP contribution in [0.15, 0.2) is 30.9 Å². The second-order valence-corrected chi connectivity index (χ2v) is 5.75. The number of nitrogen functional groups attached to an aromatic ring is 1. The highest BCUT2D eigenvalue weighted by Crippen LogP contribution is 2.36. The van der Waals surface area contributed by atoms with Crippen molar-refractivity contribution in [1.29, 1.82) is 0 Å². The number of imidazole rings is 1. The number of hydrogen-bond acceptors (Lipinski definition) is 3. The Labute approximate surface area is 120 Å². The highest BCUT2D eigenvalue weighted by molar-refractivity contribution is 5.59. The zero-order valence-corrected chi connectivity index (χ0v) is 12.0. The van der Waals surface area contributed by atoms with E-state index in [0.29, 0.717) is 11.9 Å². The van der Waals surface area contributed by atoms with Gasteiger partial charge in [0.15, 0.2) is 0 Å². The Morgan fingerprint density at radius 2 is 2.20 bits per heavy atom. The third-order valence-electron chi connectivity index (χ3n) is 4.47. The summed E-state index contributed by atoms with van der Waals surface area (Å²) in [4.78, 5) is 8.54. The number of anilines is 1. The highest BCUT2D eigenvalue weighted by Gasteiger charge is 2.23. The van der Waals surface area contributed by atoms with Gasteiger partial charge in [-0.05, 0) is 30.9 Å². The van der Waals surface area contributed by atoms with Gasteiger partial charge in [0.1, 0.15) is 5.82 Å². The monoisotopic (exact) mass is 270 g/mol. The van der Waals surface area contributed by atoms with Crippen LogP contribution in [0.3, 0.4) is 0 Å². The lowest BCUT2D eigenvalue weighted by molar-refractivity contribution is 0.262. The minimum atomic E-state index is 0.559. The summed E-state index contributed by atoms with van der Waals surface area (Å²) in [6.07, 6.45) is 12.2. The summed E-state index contributed by atoms with van der Waals surface area (Å²) in [6, 6.07) is 4.45. The van der Waals surface area contributed by atoms with E-state index in [4.69, 9.17) is 5.73 Å². The molecule has 4 nitrogen and oxygen atoms in total. The molecule has 106 valence electrons. The summed E-state index contributed by atoms with van der Waals surface area (Å²) in [5.74, 6) is 1.41. The van der Waals surface area contributed by atoms with E-state index in [2.05, 4.69) is 21.5 Å². The number of aromatic nitrogens is 3. The van der Waals surface area contributed by atoms with Crippen LogP contribution >= 0.6 is 0 Å². The van der Waals surface area contributed by atoms with Crippen molar-refractivity contribution in [3.05, 3.63) is 30.9 Å². The predicted octanol–water partition coefficient (Wildman–Crippen LogP) is 3.67. The van der Waals surface area contributed by atoms with Gasteiger partial charge in [-0.2, -0.15) is 0 Å². The molecule has 3 rings (SSSR count). The van der Waals surface area contributed by atoms with Crippen LogP contribution in [-0.2, 0) is 0 Å². The van der Waals surface area contributed by atoms with Gasteiger partial charge in [-0.25, -0.2) is 9.97 Å². The van der Waals surface area contributed by atoms with Crippen molar-refractivity contribution in [2.45, 2.75) is 45.1 Å². The number of hydrogen-bond donors (Lipinski definition) is 1. The molecular formula is C16H22N4. The van der Waals surface area contributed by atoms with Crippen molar-refractivity contribution >= 4 is 5.82 Å². The molecule has 0 aromatic carbocycles. The Bertz CT molecular complexity index is 558. The molecule has 2 aromatic rings.